The van der Waals surface area contributed by atoms with Crippen LogP contribution in [-0.2, 0) is 4.79 Å². The summed E-state index contributed by atoms with van der Waals surface area (Å²) in [6.07, 6.45) is 1.28. The van der Waals surface area contributed by atoms with E-state index in [1.54, 1.807) is 17.5 Å². The number of carbonyl (C=O) groups excluding carboxylic acids is 2. The van der Waals surface area contributed by atoms with E-state index >= 15 is 0 Å². The number of amides is 3. The molecule has 8 heteroatoms. The number of hydrogen-bond acceptors (Lipinski definition) is 4. The first-order chi connectivity index (χ1) is 8.85. The maximum Gasteiger partial charge on any atom is 0.319 e. The van der Waals surface area contributed by atoms with E-state index in [1.807, 2.05) is 22.6 Å². The highest BCUT2D eigenvalue weighted by Crippen LogP contribution is 2.31. The van der Waals surface area contributed by atoms with Crippen molar-refractivity contribution in [2.24, 2.45) is 5.73 Å². The third-order valence-corrected chi connectivity index (χ3v) is 3.38. The number of rotatable bonds is 2. The molecule has 98 valence electrons. The first-order valence-electron chi connectivity index (χ1n) is 4.75. The Balaban J connectivity index is 3.16. The smallest absolute Gasteiger partial charge is 0.319 e. The van der Waals surface area contributed by atoms with Gasteiger partial charge in [-0.3, -0.25) is 10.1 Å². The average molecular weight is 436 g/mol. The van der Waals surface area contributed by atoms with Crippen LogP contribution in [0.3, 0.4) is 0 Å². The lowest BCUT2D eigenvalue weighted by atomic mass is 10.1. The Labute approximate surface area is 130 Å². The molecule has 0 radical (unpaired) electrons. The second-order valence-electron chi connectivity index (χ2n) is 3.32. The van der Waals surface area contributed by atoms with Gasteiger partial charge in [0, 0.05) is 0 Å². The first-order valence-corrected chi connectivity index (χ1v) is 6.63. The molecular formula is C11H7BrIN3O3. The third-order valence-electron chi connectivity index (χ3n) is 1.95. The van der Waals surface area contributed by atoms with Gasteiger partial charge in [0.1, 0.15) is 17.4 Å². The van der Waals surface area contributed by atoms with Crippen LogP contribution in [0.15, 0.2) is 22.2 Å². The van der Waals surface area contributed by atoms with Crippen molar-refractivity contribution in [1.29, 1.82) is 5.26 Å². The number of hydrogen-bond donors (Lipinski definition) is 3. The van der Waals surface area contributed by atoms with Crippen molar-refractivity contribution >= 4 is 56.5 Å². The number of imide groups is 1. The number of nitrogens with zero attached hydrogens (tertiary/aromatic N) is 1. The molecule has 0 saturated heterocycles. The van der Waals surface area contributed by atoms with Gasteiger partial charge in [-0.2, -0.15) is 5.26 Å². The summed E-state index contributed by atoms with van der Waals surface area (Å²) in [7, 11) is 0. The standard InChI is InChI=1S/C11H7BrIN3O3/c12-7-2-5(3-8(13)9(7)17)1-6(4-14)10(18)16-11(15)19/h1-3,17H,(H3,15,16,18,19)/b6-1-. The molecule has 0 atom stereocenters. The Hall–Kier alpha value is -1.60. The van der Waals surface area contributed by atoms with Crippen LogP contribution in [0.1, 0.15) is 5.56 Å². The minimum Gasteiger partial charge on any atom is -0.506 e. The molecular weight excluding hydrogens is 429 g/mol. The second-order valence-corrected chi connectivity index (χ2v) is 5.34. The Morgan fingerprint density at radius 2 is 2.16 bits per heavy atom. The first kappa shape index (κ1) is 15.5. The van der Waals surface area contributed by atoms with E-state index in [1.165, 1.54) is 12.1 Å². The fourth-order valence-corrected chi connectivity index (χ4v) is 2.66. The van der Waals surface area contributed by atoms with E-state index in [0.717, 1.165) is 0 Å². The molecule has 19 heavy (non-hydrogen) atoms. The lowest BCUT2D eigenvalue weighted by Crippen LogP contribution is -2.35. The Kier molecular flexibility index (Phi) is 5.31. The van der Waals surface area contributed by atoms with Gasteiger partial charge in [-0.05, 0) is 62.3 Å². The second kappa shape index (κ2) is 6.53. The molecule has 0 spiro atoms. The zero-order chi connectivity index (χ0) is 14.6. The molecule has 0 unspecified atom stereocenters. The van der Waals surface area contributed by atoms with Crippen molar-refractivity contribution in [3.8, 4) is 11.8 Å². The molecule has 0 fully saturated rings. The minimum absolute atomic E-state index is 0.0674. The molecule has 4 N–H and O–H groups in total. The summed E-state index contributed by atoms with van der Waals surface area (Å²) in [5.41, 5.74) is 5.05. The molecule has 1 aromatic carbocycles. The van der Waals surface area contributed by atoms with Gasteiger partial charge in [-0.1, -0.05) is 0 Å². The fraction of sp³-hybridized carbons (Fsp3) is 0. The van der Waals surface area contributed by atoms with Crippen LogP contribution in [-0.4, -0.2) is 17.0 Å². The number of primary amides is 1. The normalized spacial score (nSPS) is 10.7. The number of phenolic OH excluding ortho intramolecular Hbond substituents is 1. The van der Waals surface area contributed by atoms with Gasteiger partial charge in [-0.25, -0.2) is 4.79 Å². The van der Waals surface area contributed by atoms with Gasteiger partial charge in [0.2, 0.25) is 0 Å². The van der Waals surface area contributed by atoms with Crippen molar-refractivity contribution in [1.82, 2.24) is 5.32 Å². The summed E-state index contributed by atoms with van der Waals surface area (Å²) < 4.78 is 0.976. The van der Waals surface area contributed by atoms with E-state index in [9.17, 15) is 14.7 Å². The van der Waals surface area contributed by atoms with Crippen LogP contribution >= 0.6 is 38.5 Å². The summed E-state index contributed by atoms with van der Waals surface area (Å²) in [5.74, 6) is -0.813. The number of benzene rings is 1. The SMILES string of the molecule is N#C/C(=C/c1cc(Br)c(O)c(I)c1)C(=O)NC(N)=O. The highest BCUT2D eigenvalue weighted by molar-refractivity contribution is 14.1. The molecule has 0 saturated carbocycles. The Bertz CT molecular complexity index is 599. The topological polar surface area (TPSA) is 116 Å². The average Bonchev–Trinajstić information content (AvgIpc) is 2.31. The van der Waals surface area contributed by atoms with Crippen LogP contribution in [0.4, 0.5) is 4.79 Å². The van der Waals surface area contributed by atoms with Crippen LogP contribution in [0, 0.1) is 14.9 Å². The highest BCUT2D eigenvalue weighted by atomic mass is 127. The quantitative estimate of drug-likeness (QED) is 0.373. The van der Waals surface area contributed by atoms with Crippen LogP contribution in [0.2, 0.25) is 0 Å². The summed E-state index contributed by atoms with van der Waals surface area (Å²) in [4.78, 5) is 22.0. The van der Waals surface area contributed by atoms with Crippen molar-refractivity contribution in [2.45, 2.75) is 0 Å². The molecule has 0 bridgehead atoms. The largest absolute Gasteiger partial charge is 0.506 e. The summed E-state index contributed by atoms with van der Waals surface area (Å²) >= 11 is 5.05. The summed E-state index contributed by atoms with van der Waals surface area (Å²) in [5, 5.41) is 20.2. The molecule has 1 rings (SSSR count). The Morgan fingerprint density at radius 3 is 2.63 bits per heavy atom. The lowest BCUT2D eigenvalue weighted by Gasteiger charge is -2.03. The zero-order valence-corrected chi connectivity index (χ0v) is 13.0. The molecule has 3 amide bonds. The molecule has 1 aromatic rings. The number of urea groups is 1. The monoisotopic (exact) mass is 435 g/mol. The molecule has 0 heterocycles. The van der Waals surface area contributed by atoms with Gasteiger partial charge in [0.15, 0.2) is 0 Å². The van der Waals surface area contributed by atoms with Gasteiger partial charge in [-0.15, -0.1) is 0 Å². The van der Waals surface area contributed by atoms with E-state index in [2.05, 4.69) is 15.9 Å². The predicted octanol–water partition coefficient (Wildman–Crippen LogP) is 1.86. The van der Waals surface area contributed by atoms with E-state index in [4.69, 9.17) is 11.0 Å². The van der Waals surface area contributed by atoms with Gasteiger partial charge in [0.25, 0.3) is 5.91 Å². The van der Waals surface area contributed by atoms with E-state index in [-0.39, 0.29) is 11.3 Å². The van der Waals surface area contributed by atoms with Crippen molar-refractivity contribution in [3.05, 3.63) is 31.3 Å². The number of carbonyl (C=O) groups is 2. The number of phenols is 1. The van der Waals surface area contributed by atoms with Crippen molar-refractivity contribution in [2.75, 3.05) is 0 Å². The van der Waals surface area contributed by atoms with Gasteiger partial charge >= 0.3 is 6.03 Å². The highest BCUT2D eigenvalue weighted by Gasteiger charge is 2.12. The lowest BCUT2D eigenvalue weighted by molar-refractivity contribution is -0.115. The van der Waals surface area contributed by atoms with E-state index < -0.39 is 11.9 Å². The third kappa shape index (κ3) is 4.22. The van der Waals surface area contributed by atoms with Crippen molar-refractivity contribution < 1.29 is 14.7 Å². The fourth-order valence-electron chi connectivity index (χ4n) is 1.16. The summed E-state index contributed by atoms with van der Waals surface area (Å²) in [6, 6.07) is 3.75. The number of nitrogens with one attached hydrogen (secondary N) is 1. The minimum atomic E-state index is -1.03. The molecule has 0 aliphatic carbocycles. The molecule has 0 aliphatic rings. The number of nitriles is 1. The number of halogens is 2. The number of nitrogens with two attached hydrogens (primary N) is 1. The maximum atomic E-state index is 11.5. The number of aromatic hydroxyl groups is 1. The van der Waals surface area contributed by atoms with Gasteiger partial charge in [0.05, 0.1) is 8.04 Å². The van der Waals surface area contributed by atoms with Gasteiger partial charge < -0.3 is 10.8 Å². The molecule has 0 aliphatic heterocycles. The van der Waals surface area contributed by atoms with Crippen LogP contribution in [0.25, 0.3) is 6.08 Å². The van der Waals surface area contributed by atoms with Crippen LogP contribution in [0.5, 0.6) is 5.75 Å². The summed E-state index contributed by atoms with van der Waals surface area (Å²) in [6.45, 7) is 0. The van der Waals surface area contributed by atoms with Crippen LogP contribution < -0.4 is 11.1 Å². The zero-order valence-electron chi connectivity index (χ0n) is 9.28. The molecule has 0 aromatic heterocycles. The Morgan fingerprint density at radius 1 is 1.53 bits per heavy atom. The van der Waals surface area contributed by atoms with E-state index in [0.29, 0.717) is 13.6 Å². The maximum absolute atomic E-state index is 11.5. The molecule has 6 nitrogen and oxygen atoms in total. The van der Waals surface area contributed by atoms with Crippen molar-refractivity contribution in [3.63, 3.8) is 0 Å². The predicted molar refractivity (Wildman–Crippen MR) is 79.8 cm³/mol.